The van der Waals surface area contributed by atoms with Gasteiger partial charge in [-0.1, -0.05) is 11.6 Å². The summed E-state index contributed by atoms with van der Waals surface area (Å²) >= 11 is 6.74. The number of methoxy groups -OCH3 is 1. The summed E-state index contributed by atoms with van der Waals surface area (Å²) in [6.07, 6.45) is -2.86. The van der Waals surface area contributed by atoms with Gasteiger partial charge >= 0.3 is 12.2 Å². The molecule has 5 aliphatic heterocycles. The highest BCUT2D eigenvalue weighted by Gasteiger charge is 2.41. The van der Waals surface area contributed by atoms with E-state index in [4.69, 9.17) is 31.5 Å². The summed E-state index contributed by atoms with van der Waals surface area (Å²) in [5.74, 6) is -1.01. The Labute approximate surface area is 308 Å². The molecule has 2 aromatic heterocycles. The van der Waals surface area contributed by atoms with Crippen LogP contribution in [0.1, 0.15) is 77.3 Å². The number of nitrogen functional groups attached to an aromatic ring is 1. The van der Waals surface area contributed by atoms with Crippen molar-refractivity contribution < 1.29 is 41.0 Å². The number of aryl methyl sites for hydroxylation is 1. The van der Waals surface area contributed by atoms with Crippen molar-refractivity contribution in [3.05, 3.63) is 56.7 Å². The Morgan fingerprint density at radius 1 is 1.13 bits per heavy atom. The number of likely N-dealkylation sites (tertiary alicyclic amines) is 1. The number of ether oxygens (including phenoxy) is 3. The number of nitrogens with zero attached hydrogens (tertiary/aromatic N) is 7. The molecule has 0 aliphatic carbocycles. The highest BCUT2D eigenvalue weighted by molar-refractivity contribution is 6.34. The Hall–Kier alpha value is -3.80. The summed E-state index contributed by atoms with van der Waals surface area (Å²) < 4.78 is 87.6. The van der Waals surface area contributed by atoms with Crippen LogP contribution in [0.15, 0.2) is 12.1 Å². The number of fused-ring (bicyclic) bond motifs is 3. The third-order valence-electron chi connectivity index (χ3n) is 10.5. The molecule has 5 aliphatic rings. The number of rotatable bonds is 6. The Morgan fingerprint density at radius 3 is 2.64 bits per heavy atom. The number of amides is 1. The van der Waals surface area contributed by atoms with E-state index >= 15 is 4.39 Å². The lowest BCUT2D eigenvalue weighted by molar-refractivity contribution is -0.140. The number of anilines is 2. The van der Waals surface area contributed by atoms with Gasteiger partial charge in [0.05, 0.1) is 60.1 Å². The quantitative estimate of drug-likeness (QED) is 0.259. The molecule has 3 unspecified atom stereocenters. The van der Waals surface area contributed by atoms with Crippen LogP contribution in [0.5, 0.6) is 6.01 Å². The van der Waals surface area contributed by atoms with Crippen LogP contribution in [0.25, 0.3) is 0 Å². The molecule has 0 bridgehead atoms. The number of carbonyl (C=O) groups excluding carboxylic acids is 1. The Balaban J connectivity index is 0.000000418. The molecule has 18 heteroatoms. The molecule has 2 N–H and O–H groups in total. The van der Waals surface area contributed by atoms with Gasteiger partial charge < -0.3 is 29.7 Å². The van der Waals surface area contributed by atoms with Gasteiger partial charge in [-0.25, -0.2) is 8.78 Å². The number of carbonyl (C=O) groups is 1. The van der Waals surface area contributed by atoms with Gasteiger partial charge in [-0.15, -0.1) is 0 Å². The summed E-state index contributed by atoms with van der Waals surface area (Å²) in [7, 11) is 1.37. The number of nitrogens with two attached hydrogens (primary N) is 1. The number of alkyl halides is 4. The zero-order valence-corrected chi connectivity index (χ0v) is 30.2. The van der Waals surface area contributed by atoms with Crippen LogP contribution in [0.4, 0.5) is 33.5 Å². The predicted molar refractivity (Wildman–Crippen MR) is 184 cm³/mol. The fourth-order valence-electron chi connectivity index (χ4n) is 7.86. The van der Waals surface area contributed by atoms with Crippen molar-refractivity contribution in [3.63, 3.8) is 0 Å². The second-order valence-corrected chi connectivity index (χ2v) is 14.3. The van der Waals surface area contributed by atoms with E-state index in [1.54, 1.807) is 9.58 Å². The molecule has 3 atom stereocenters. The van der Waals surface area contributed by atoms with Gasteiger partial charge in [0.2, 0.25) is 0 Å². The maximum Gasteiger partial charge on any atom is 0.416 e. The van der Waals surface area contributed by atoms with E-state index < -0.39 is 41.1 Å². The lowest BCUT2D eigenvalue weighted by atomic mass is 9.94. The predicted octanol–water partition coefficient (Wildman–Crippen LogP) is 5.35. The van der Waals surface area contributed by atoms with Gasteiger partial charge in [0.1, 0.15) is 12.0 Å². The molecule has 3 fully saturated rings. The van der Waals surface area contributed by atoms with Crippen LogP contribution < -0.4 is 15.4 Å². The van der Waals surface area contributed by atoms with Crippen LogP contribution in [-0.4, -0.2) is 100 Å². The van der Waals surface area contributed by atoms with Gasteiger partial charge in [0.25, 0.3) is 5.91 Å². The van der Waals surface area contributed by atoms with Gasteiger partial charge in [-0.2, -0.15) is 28.2 Å². The number of aromatic nitrogens is 4. The van der Waals surface area contributed by atoms with E-state index in [2.05, 4.69) is 20.0 Å². The second-order valence-electron chi connectivity index (χ2n) is 13.9. The summed E-state index contributed by atoms with van der Waals surface area (Å²) in [5.41, 5.74) is 5.07. The van der Waals surface area contributed by atoms with E-state index in [1.165, 1.54) is 20.0 Å². The standard InChI is InChI=1S/C28H30ClF4N7O4.C7H12FN/c1-3-43-14-10-39(11-14)26(41)24-22(29)19-12-38(7-4-8-40(19)37-24)25-15-13-44-20(9-18(15)35-27(36-25)42-2)21-16(28(31,32)33)5-6-17(34)23(21)30;8-6-4-7-2-1-3-9(7)5-6/h5-6,14,20H,3-4,7-13,34H2,1-2H3;6-7H,1-5H2. The Morgan fingerprint density at radius 2 is 1.92 bits per heavy atom. The lowest BCUT2D eigenvalue weighted by Gasteiger charge is -2.38. The zero-order chi connectivity index (χ0) is 37.6. The smallest absolute Gasteiger partial charge is 0.416 e. The van der Waals surface area contributed by atoms with Gasteiger partial charge in [0, 0.05) is 62.9 Å². The van der Waals surface area contributed by atoms with Crippen LogP contribution in [0.3, 0.4) is 0 Å². The summed E-state index contributed by atoms with van der Waals surface area (Å²) in [5, 5.41) is 4.77. The van der Waals surface area contributed by atoms with Crippen molar-refractivity contribution in [1.29, 1.82) is 0 Å². The number of hydrogen-bond acceptors (Lipinski definition) is 10. The fourth-order valence-corrected chi connectivity index (χ4v) is 8.14. The molecule has 0 saturated carbocycles. The molecule has 1 aromatic carbocycles. The molecular weight excluding hydrogens is 727 g/mol. The average molecular weight is 769 g/mol. The Kier molecular flexibility index (Phi) is 10.7. The molecule has 12 nitrogen and oxygen atoms in total. The van der Waals surface area contributed by atoms with Crippen LogP contribution in [-0.2, 0) is 41.8 Å². The lowest BCUT2D eigenvalue weighted by Crippen LogP contribution is -2.54. The number of halogens is 6. The van der Waals surface area contributed by atoms with Crippen molar-refractivity contribution >= 4 is 29.0 Å². The van der Waals surface area contributed by atoms with Crippen molar-refractivity contribution in [2.45, 2.75) is 89.3 Å². The zero-order valence-electron chi connectivity index (χ0n) is 29.5. The van der Waals surface area contributed by atoms with Crippen molar-refractivity contribution in [2.24, 2.45) is 0 Å². The minimum absolute atomic E-state index is 0.00446. The first kappa shape index (κ1) is 37.5. The molecule has 3 saturated heterocycles. The topological polar surface area (TPSA) is 124 Å². The minimum Gasteiger partial charge on any atom is -0.467 e. The first-order chi connectivity index (χ1) is 25.4. The fraction of sp³-hybridized carbons (Fsp3) is 0.600. The number of hydrogen-bond donors (Lipinski definition) is 1. The van der Waals surface area contributed by atoms with E-state index in [0.29, 0.717) is 74.6 Å². The third-order valence-corrected chi connectivity index (χ3v) is 10.9. The molecule has 53 heavy (non-hydrogen) atoms. The SMILES string of the molecule is CCOC1CN(C(=O)c2nn3c(c2Cl)CN(c2nc(OC)nc4c2COC(c2c(C(F)(F)F)ccc(N)c2F)C4)CCC3)C1.FC1CC2CCCN2C1. The average Bonchev–Trinajstić information content (AvgIpc) is 3.73. The van der Waals surface area contributed by atoms with Crippen molar-refractivity contribution in [1.82, 2.24) is 29.5 Å². The molecule has 8 rings (SSSR count). The van der Waals surface area contributed by atoms with E-state index in [-0.39, 0.29) is 48.3 Å². The van der Waals surface area contributed by atoms with Crippen LogP contribution in [0.2, 0.25) is 5.02 Å². The first-order valence-corrected chi connectivity index (χ1v) is 18.2. The summed E-state index contributed by atoms with van der Waals surface area (Å²) in [6.45, 7) is 6.32. The second kappa shape index (κ2) is 15.1. The molecule has 288 valence electrons. The summed E-state index contributed by atoms with van der Waals surface area (Å²) in [4.78, 5) is 27.9. The normalized spacial score (nSPS) is 23.1. The largest absolute Gasteiger partial charge is 0.467 e. The van der Waals surface area contributed by atoms with Gasteiger partial charge in [0.15, 0.2) is 11.5 Å². The first-order valence-electron chi connectivity index (χ1n) is 17.9. The maximum absolute atomic E-state index is 15.1. The van der Waals surface area contributed by atoms with Gasteiger partial charge in [-0.3, -0.25) is 14.4 Å². The highest BCUT2D eigenvalue weighted by atomic mass is 35.5. The maximum atomic E-state index is 15.1. The molecule has 7 heterocycles. The minimum atomic E-state index is -4.82. The van der Waals surface area contributed by atoms with E-state index in [1.807, 2.05) is 11.8 Å². The van der Waals surface area contributed by atoms with Gasteiger partial charge in [-0.05, 0) is 51.3 Å². The monoisotopic (exact) mass is 768 g/mol. The van der Waals surface area contributed by atoms with Crippen LogP contribution >= 0.6 is 11.6 Å². The molecule has 0 spiro atoms. The highest BCUT2D eigenvalue weighted by Crippen LogP contribution is 2.43. The van der Waals surface area contributed by atoms with E-state index in [9.17, 15) is 22.4 Å². The molecule has 0 radical (unpaired) electrons. The summed E-state index contributed by atoms with van der Waals surface area (Å²) in [6, 6.07) is 2.24. The van der Waals surface area contributed by atoms with Crippen LogP contribution in [0, 0.1) is 5.82 Å². The van der Waals surface area contributed by atoms with Crippen molar-refractivity contribution in [3.8, 4) is 6.01 Å². The van der Waals surface area contributed by atoms with Crippen molar-refractivity contribution in [2.75, 3.05) is 57.1 Å². The van der Waals surface area contributed by atoms with E-state index in [0.717, 1.165) is 25.1 Å². The number of benzene rings is 1. The molecule has 1 amide bonds. The molecule has 3 aromatic rings. The molecular formula is C35H42ClF5N8O4. The third kappa shape index (κ3) is 7.49. The Bertz CT molecular complexity index is 1830.